The molecule has 0 bridgehead atoms. The summed E-state index contributed by atoms with van der Waals surface area (Å²) in [6, 6.07) is 10.8. The van der Waals surface area contributed by atoms with Gasteiger partial charge < -0.3 is 11.1 Å². The maximum Gasteiger partial charge on any atom is 0.241 e. The number of nitrogens with two attached hydrogens (primary N) is 1. The zero-order chi connectivity index (χ0) is 14.5. The number of amides is 1. The number of benzene rings is 1. The van der Waals surface area contributed by atoms with E-state index in [1.165, 1.54) is 6.20 Å². The summed E-state index contributed by atoms with van der Waals surface area (Å²) in [6.45, 7) is 1.83. The molecule has 0 aliphatic heterocycles. The Morgan fingerprint density at radius 2 is 2.10 bits per heavy atom. The van der Waals surface area contributed by atoms with Crippen LogP contribution < -0.4 is 11.1 Å². The second-order valence-corrected chi connectivity index (χ2v) is 4.98. The molecule has 0 radical (unpaired) electrons. The lowest BCUT2D eigenvalue weighted by Gasteiger charge is -2.12. The van der Waals surface area contributed by atoms with E-state index < -0.39 is 6.04 Å². The lowest BCUT2D eigenvalue weighted by molar-refractivity contribution is -0.117. The number of carbonyl (C=O) groups is 1. The summed E-state index contributed by atoms with van der Waals surface area (Å²) >= 11 is 5.84. The highest BCUT2D eigenvalue weighted by molar-refractivity contribution is 6.30. The van der Waals surface area contributed by atoms with E-state index in [0.29, 0.717) is 17.3 Å². The average Bonchev–Trinajstić information content (AvgIpc) is 2.44. The van der Waals surface area contributed by atoms with E-state index in [9.17, 15) is 4.79 Å². The van der Waals surface area contributed by atoms with Gasteiger partial charge in [0.2, 0.25) is 5.91 Å². The molecule has 4 nitrogen and oxygen atoms in total. The van der Waals surface area contributed by atoms with Crippen LogP contribution in [0.15, 0.2) is 42.6 Å². The van der Waals surface area contributed by atoms with Crippen LogP contribution in [0.1, 0.15) is 11.1 Å². The zero-order valence-corrected chi connectivity index (χ0v) is 11.9. The van der Waals surface area contributed by atoms with Gasteiger partial charge in [-0.1, -0.05) is 41.9 Å². The molecule has 0 aliphatic rings. The monoisotopic (exact) mass is 289 g/mol. The van der Waals surface area contributed by atoms with E-state index in [2.05, 4.69) is 10.3 Å². The van der Waals surface area contributed by atoms with Gasteiger partial charge in [-0.2, -0.15) is 0 Å². The summed E-state index contributed by atoms with van der Waals surface area (Å²) in [6.07, 6.45) is 2.01. The van der Waals surface area contributed by atoms with Gasteiger partial charge in [0.15, 0.2) is 0 Å². The molecular formula is C15H16ClN3O. The van der Waals surface area contributed by atoms with E-state index >= 15 is 0 Å². The van der Waals surface area contributed by atoms with Gasteiger partial charge in [0, 0.05) is 0 Å². The molecule has 104 valence electrons. The van der Waals surface area contributed by atoms with Crippen molar-refractivity contribution in [2.24, 2.45) is 5.73 Å². The lowest BCUT2D eigenvalue weighted by Crippen LogP contribution is -2.37. The molecule has 0 saturated heterocycles. The van der Waals surface area contributed by atoms with Crippen molar-refractivity contribution in [2.45, 2.75) is 19.4 Å². The van der Waals surface area contributed by atoms with Crippen molar-refractivity contribution in [2.75, 3.05) is 5.32 Å². The first-order valence-corrected chi connectivity index (χ1v) is 6.66. The minimum Gasteiger partial charge on any atom is -0.323 e. The lowest BCUT2D eigenvalue weighted by atomic mass is 10.1. The Labute approximate surface area is 123 Å². The maximum atomic E-state index is 12.0. The van der Waals surface area contributed by atoms with Crippen molar-refractivity contribution in [1.29, 1.82) is 0 Å². The van der Waals surface area contributed by atoms with Crippen LogP contribution in [0.2, 0.25) is 5.15 Å². The summed E-state index contributed by atoms with van der Waals surface area (Å²) in [5.41, 5.74) is 8.34. The van der Waals surface area contributed by atoms with Gasteiger partial charge in [-0.05, 0) is 30.5 Å². The number of hydrogen-bond donors (Lipinski definition) is 2. The van der Waals surface area contributed by atoms with Crippen LogP contribution in [0, 0.1) is 6.92 Å². The minimum absolute atomic E-state index is 0.239. The number of halogens is 1. The maximum absolute atomic E-state index is 12.0. The van der Waals surface area contributed by atoms with Gasteiger partial charge in [-0.3, -0.25) is 4.79 Å². The Morgan fingerprint density at radius 1 is 1.40 bits per heavy atom. The fourth-order valence-corrected chi connectivity index (χ4v) is 1.93. The molecule has 2 aromatic rings. The standard InChI is InChI=1S/C15H16ClN3O/c1-10-7-12(9-18-14(10)16)19-15(20)13(17)8-11-5-3-2-4-6-11/h2-7,9,13H,8,17H2,1H3,(H,19,20). The topological polar surface area (TPSA) is 68.0 Å². The smallest absolute Gasteiger partial charge is 0.241 e. The molecule has 2 rings (SSSR count). The molecule has 3 N–H and O–H groups in total. The van der Waals surface area contributed by atoms with Crippen molar-refractivity contribution in [3.63, 3.8) is 0 Å². The third kappa shape index (κ3) is 3.79. The van der Waals surface area contributed by atoms with Crippen molar-refractivity contribution >= 4 is 23.2 Å². The number of nitrogens with zero attached hydrogens (tertiary/aromatic N) is 1. The van der Waals surface area contributed by atoms with Gasteiger partial charge in [0.05, 0.1) is 17.9 Å². The van der Waals surface area contributed by atoms with E-state index in [1.807, 2.05) is 37.3 Å². The summed E-state index contributed by atoms with van der Waals surface area (Å²) in [7, 11) is 0. The average molecular weight is 290 g/mol. The van der Waals surface area contributed by atoms with Crippen LogP contribution in [0.5, 0.6) is 0 Å². The molecule has 0 saturated carbocycles. The summed E-state index contributed by atoms with van der Waals surface area (Å²) in [5.74, 6) is -0.239. The Hall–Kier alpha value is -1.91. The van der Waals surface area contributed by atoms with Crippen LogP contribution in [0.3, 0.4) is 0 Å². The van der Waals surface area contributed by atoms with Crippen LogP contribution in [-0.2, 0) is 11.2 Å². The Morgan fingerprint density at radius 3 is 2.75 bits per heavy atom. The SMILES string of the molecule is Cc1cc(NC(=O)C(N)Cc2ccccc2)cnc1Cl. The van der Waals surface area contributed by atoms with Gasteiger partial charge in [0.1, 0.15) is 5.15 Å². The van der Waals surface area contributed by atoms with E-state index in [0.717, 1.165) is 11.1 Å². The van der Waals surface area contributed by atoms with E-state index in [4.69, 9.17) is 17.3 Å². The third-order valence-electron chi connectivity index (χ3n) is 2.92. The molecule has 0 aliphatic carbocycles. The molecule has 1 amide bonds. The van der Waals surface area contributed by atoms with Crippen molar-refractivity contribution < 1.29 is 4.79 Å². The van der Waals surface area contributed by atoms with Gasteiger partial charge in [0.25, 0.3) is 0 Å². The molecule has 0 fully saturated rings. The number of hydrogen-bond acceptors (Lipinski definition) is 3. The summed E-state index contributed by atoms with van der Waals surface area (Å²) in [4.78, 5) is 16.0. The highest BCUT2D eigenvalue weighted by Crippen LogP contribution is 2.16. The normalized spacial score (nSPS) is 11.9. The van der Waals surface area contributed by atoms with Crippen LogP contribution in [0.4, 0.5) is 5.69 Å². The number of aromatic nitrogens is 1. The number of carbonyl (C=O) groups excluding carboxylic acids is 1. The Bertz CT molecular complexity index is 601. The molecule has 5 heteroatoms. The number of aryl methyl sites for hydroxylation is 1. The number of pyridine rings is 1. The predicted octanol–water partition coefficient (Wildman–Crippen LogP) is 2.55. The van der Waals surface area contributed by atoms with Crippen molar-refractivity contribution in [1.82, 2.24) is 4.98 Å². The zero-order valence-electron chi connectivity index (χ0n) is 11.1. The quantitative estimate of drug-likeness (QED) is 0.850. The molecule has 1 heterocycles. The molecular weight excluding hydrogens is 274 g/mol. The first-order valence-electron chi connectivity index (χ1n) is 6.29. The molecule has 1 unspecified atom stereocenters. The van der Waals surface area contributed by atoms with Crippen LogP contribution in [-0.4, -0.2) is 16.9 Å². The highest BCUT2D eigenvalue weighted by atomic mass is 35.5. The second kappa shape index (κ2) is 6.50. The molecule has 1 aromatic heterocycles. The van der Waals surface area contributed by atoms with E-state index in [-0.39, 0.29) is 5.91 Å². The molecule has 1 aromatic carbocycles. The van der Waals surface area contributed by atoms with Gasteiger partial charge in [-0.25, -0.2) is 4.98 Å². The molecule has 1 atom stereocenters. The van der Waals surface area contributed by atoms with Gasteiger partial charge in [-0.15, -0.1) is 0 Å². The summed E-state index contributed by atoms with van der Waals surface area (Å²) < 4.78 is 0. The minimum atomic E-state index is -0.603. The number of anilines is 1. The van der Waals surface area contributed by atoms with Crippen LogP contribution >= 0.6 is 11.6 Å². The highest BCUT2D eigenvalue weighted by Gasteiger charge is 2.14. The first-order chi connectivity index (χ1) is 9.56. The fraction of sp³-hybridized carbons (Fsp3) is 0.200. The molecule has 0 spiro atoms. The van der Waals surface area contributed by atoms with Crippen molar-refractivity contribution in [3.8, 4) is 0 Å². The first kappa shape index (κ1) is 14.5. The Kier molecular flexibility index (Phi) is 4.71. The van der Waals surface area contributed by atoms with Gasteiger partial charge >= 0.3 is 0 Å². The largest absolute Gasteiger partial charge is 0.323 e. The molecule has 20 heavy (non-hydrogen) atoms. The number of nitrogens with one attached hydrogen (secondary N) is 1. The third-order valence-corrected chi connectivity index (χ3v) is 3.31. The Balaban J connectivity index is 1.99. The predicted molar refractivity (Wildman–Crippen MR) is 80.7 cm³/mol. The van der Waals surface area contributed by atoms with Crippen molar-refractivity contribution in [3.05, 3.63) is 58.9 Å². The summed E-state index contributed by atoms with van der Waals surface area (Å²) in [5, 5.41) is 3.17. The van der Waals surface area contributed by atoms with E-state index in [1.54, 1.807) is 6.07 Å². The van der Waals surface area contributed by atoms with Crippen LogP contribution in [0.25, 0.3) is 0 Å². The number of rotatable bonds is 4. The second-order valence-electron chi connectivity index (χ2n) is 4.62. The fourth-order valence-electron chi connectivity index (χ4n) is 1.82.